The van der Waals surface area contributed by atoms with Gasteiger partial charge in [0.05, 0.1) is 29.4 Å². The molecule has 2 saturated heterocycles. The first-order chi connectivity index (χ1) is 11.6. The molecule has 2 heterocycles. The zero-order valence-electron chi connectivity index (χ0n) is 12.9. The molecule has 128 valence electrons. The molecule has 0 spiro atoms. The van der Waals surface area contributed by atoms with Gasteiger partial charge in [0, 0.05) is 0 Å². The van der Waals surface area contributed by atoms with Crippen molar-refractivity contribution in [2.75, 3.05) is 23.7 Å². The van der Waals surface area contributed by atoms with Gasteiger partial charge in [0.25, 0.3) is 0 Å². The number of aliphatic hydroxyl groups is 1. The lowest BCUT2D eigenvalue weighted by Gasteiger charge is -2.26. The molecule has 2 aliphatic rings. The van der Waals surface area contributed by atoms with E-state index in [1.165, 1.54) is 22.7 Å². The number of thiocarbonyl (C=S) groups is 1. The molecule has 3 rings (SSSR count). The number of ether oxygens (including phenoxy) is 1. The minimum Gasteiger partial charge on any atom is -0.442 e. The molecule has 1 N–H and O–H groups in total. The Balaban J connectivity index is 1.75. The quantitative estimate of drug-likeness (QED) is 0.653. The average Bonchev–Trinajstić information content (AvgIpc) is 2.93. The van der Waals surface area contributed by atoms with Crippen molar-refractivity contribution in [3.05, 3.63) is 29.6 Å². The highest BCUT2D eigenvalue weighted by molar-refractivity contribution is 7.99. The Labute approximate surface area is 148 Å². The maximum absolute atomic E-state index is 14.5. The molecule has 24 heavy (non-hydrogen) atoms. The number of isothiocyanates is 1. The number of nitrogens with zero attached hydrogens (tertiary/aromatic N) is 2. The number of halogens is 1. The van der Waals surface area contributed by atoms with Crippen LogP contribution in [0.2, 0.25) is 0 Å². The monoisotopic (exact) mass is 368 g/mol. The third kappa shape index (κ3) is 3.78. The lowest BCUT2D eigenvalue weighted by atomic mass is 9.92. The topological polar surface area (TPSA) is 62.1 Å². The molecule has 2 aliphatic heterocycles. The van der Waals surface area contributed by atoms with Crippen molar-refractivity contribution in [3.63, 3.8) is 0 Å². The SMILES string of the molecule is O=C1O[C@H](CN=C=S)CN1c1ccc(C2CCSC(O)C2)c(F)c1. The number of aliphatic hydroxyl groups excluding tert-OH is 1. The fraction of sp³-hybridized carbons (Fsp3) is 0.500. The Morgan fingerprint density at radius 3 is 3.08 bits per heavy atom. The molecule has 3 atom stereocenters. The van der Waals surface area contributed by atoms with Crippen LogP contribution in [0.5, 0.6) is 0 Å². The summed E-state index contributed by atoms with van der Waals surface area (Å²) in [6, 6.07) is 4.78. The summed E-state index contributed by atoms with van der Waals surface area (Å²) in [7, 11) is 0. The molecule has 2 fully saturated rings. The number of anilines is 1. The van der Waals surface area contributed by atoms with Crippen molar-refractivity contribution in [1.29, 1.82) is 0 Å². The van der Waals surface area contributed by atoms with Gasteiger partial charge in [-0.2, -0.15) is 0 Å². The maximum atomic E-state index is 14.5. The molecule has 2 unspecified atom stereocenters. The van der Waals surface area contributed by atoms with Crippen LogP contribution in [-0.4, -0.2) is 46.7 Å². The Hall–Kier alpha value is -1.47. The van der Waals surface area contributed by atoms with Crippen molar-refractivity contribution < 1.29 is 19.0 Å². The van der Waals surface area contributed by atoms with Crippen LogP contribution in [0, 0.1) is 5.82 Å². The van der Waals surface area contributed by atoms with Crippen LogP contribution in [0.25, 0.3) is 0 Å². The minimum atomic E-state index is -0.517. The van der Waals surface area contributed by atoms with E-state index < -0.39 is 17.6 Å². The number of carbonyl (C=O) groups is 1. The standard InChI is InChI=1S/C16H17FN2O3S2/c17-14-6-11(19-8-12(7-18-9-23)22-16(19)21)1-2-13(14)10-3-4-24-15(20)5-10/h1-2,6,10,12,15,20H,3-5,7-8H2/t10?,12-,15?/m1/s1. The molecule has 0 bridgehead atoms. The Morgan fingerprint density at radius 1 is 1.54 bits per heavy atom. The number of hydrogen-bond donors (Lipinski definition) is 1. The fourth-order valence-corrected chi connectivity index (χ4v) is 4.18. The van der Waals surface area contributed by atoms with Crippen molar-refractivity contribution >= 4 is 40.9 Å². The highest BCUT2D eigenvalue weighted by Gasteiger charge is 2.33. The second-order valence-corrected chi connectivity index (χ2v) is 7.27. The smallest absolute Gasteiger partial charge is 0.414 e. The lowest BCUT2D eigenvalue weighted by molar-refractivity contribution is 0.145. The largest absolute Gasteiger partial charge is 0.442 e. The van der Waals surface area contributed by atoms with E-state index in [9.17, 15) is 14.3 Å². The summed E-state index contributed by atoms with van der Waals surface area (Å²) in [6.07, 6.45) is 0.462. The van der Waals surface area contributed by atoms with Crippen LogP contribution in [0.3, 0.4) is 0 Å². The van der Waals surface area contributed by atoms with Gasteiger partial charge >= 0.3 is 6.09 Å². The molecular weight excluding hydrogens is 351 g/mol. The molecular formula is C16H17FN2O3S2. The first kappa shape index (κ1) is 17.4. The first-order valence-electron chi connectivity index (χ1n) is 7.69. The van der Waals surface area contributed by atoms with E-state index in [-0.39, 0.29) is 18.3 Å². The average molecular weight is 368 g/mol. The van der Waals surface area contributed by atoms with E-state index in [1.807, 2.05) is 0 Å². The number of benzene rings is 1. The second kappa shape index (κ2) is 7.61. The summed E-state index contributed by atoms with van der Waals surface area (Å²) in [6.45, 7) is 0.556. The molecule has 0 saturated carbocycles. The van der Waals surface area contributed by atoms with Crippen molar-refractivity contribution in [1.82, 2.24) is 0 Å². The van der Waals surface area contributed by atoms with E-state index in [0.29, 0.717) is 24.2 Å². The van der Waals surface area contributed by atoms with Crippen LogP contribution < -0.4 is 4.90 Å². The van der Waals surface area contributed by atoms with Crippen LogP contribution in [0.4, 0.5) is 14.9 Å². The van der Waals surface area contributed by atoms with Crippen molar-refractivity contribution in [2.24, 2.45) is 4.99 Å². The zero-order valence-corrected chi connectivity index (χ0v) is 14.5. The molecule has 1 amide bonds. The summed E-state index contributed by atoms with van der Waals surface area (Å²) in [5.74, 6) is 0.461. The molecule has 1 aromatic carbocycles. The van der Waals surface area contributed by atoms with Crippen molar-refractivity contribution in [3.8, 4) is 0 Å². The minimum absolute atomic E-state index is 0.00510. The van der Waals surface area contributed by atoms with Gasteiger partial charge in [0.1, 0.15) is 11.9 Å². The summed E-state index contributed by atoms with van der Waals surface area (Å²) in [5.41, 5.74) is 0.604. The summed E-state index contributed by atoms with van der Waals surface area (Å²) >= 11 is 6.00. The number of aliphatic imine (C=N–C) groups is 1. The molecule has 5 nitrogen and oxygen atoms in total. The number of carbonyl (C=O) groups excluding carboxylic acids is 1. The summed E-state index contributed by atoms with van der Waals surface area (Å²) in [4.78, 5) is 17.1. The van der Waals surface area contributed by atoms with E-state index >= 15 is 0 Å². The number of rotatable bonds is 4. The maximum Gasteiger partial charge on any atom is 0.414 e. The second-order valence-electron chi connectivity index (χ2n) is 5.80. The van der Waals surface area contributed by atoms with Gasteiger partial charge in [-0.05, 0) is 54.4 Å². The lowest BCUT2D eigenvalue weighted by Crippen LogP contribution is -2.25. The number of cyclic esters (lactones) is 1. The normalized spacial score (nSPS) is 26.8. The summed E-state index contributed by atoms with van der Waals surface area (Å²) in [5, 5.41) is 12.0. The highest BCUT2D eigenvalue weighted by Crippen LogP contribution is 2.37. The van der Waals surface area contributed by atoms with Gasteiger partial charge in [0.15, 0.2) is 0 Å². The zero-order chi connectivity index (χ0) is 17.1. The van der Waals surface area contributed by atoms with Gasteiger partial charge < -0.3 is 9.84 Å². The van der Waals surface area contributed by atoms with Crippen LogP contribution >= 0.6 is 24.0 Å². The Morgan fingerprint density at radius 2 is 2.38 bits per heavy atom. The number of hydrogen-bond acceptors (Lipinski definition) is 6. The van der Waals surface area contributed by atoms with Gasteiger partial charge in [-0.25, -0.2) is 14.2 Å². The fourth-order valence-electron chi connectivity index (χ4n) is 3.04. The number of amides is 1. The molecule has 0 aliphatic carbocycles. The van der Waals surface area contributed by atoms with Crippen molar-refractivity contribution in [2.45, 2.75) is 30.3 Å². The first-order valence-corrected chi connectivity index (χ1v) is 9.15. The molecule has 0 radical (unpaired) electrons. The van der Waals surface area contributed by atoms with Crippen LogP contribution in [-0.2, 0) is 4.74 Å². The van der Waals surface area contributed by atoms with Gasteiger partial charge in [-0.1, -0.05) is 6.07 Å². The molecule has 0 aromatic heterocycles. The van der Waals surface area contributed by atoms with Gasteiger partial charge in [0.2, 0.25) is 0 Å². The van der Waals surface area contributed by atoms with E-state index in [2.05, 4.69) is 22.4 Å². The van der Waals surface area contributed by atoms with E-state index in [0.717, 1.165) is 12.2 Å². The van der Waals surface area contributed by atoms with Crippen LogP contribution in [0.1, 0.15) is 24.3 Å². The third-order valence-electron chi connectivity index (χ3n) is 4.23. The molecule has 8 heteroatoms. The Kier molecular flexibility index (Phi) is 5.50. The van der Waals surface area contributed by atoms with E-state index in [4.69, 9.17) is 4.74 Å². The predicted molar refractivity (Wildman–Crippen MR) is 94.3 cm³/mol. The summed E-state index contributed by atoms with van der Waals surface area (Å²) < 4.78 is 19.7. The third-order valence-corrected chi connectivity index (χ3v) is 5.41. The van der Waals surface area contributed by atoms with E-state index in [1.54, 1.807) is 12.1 Å². The van der Waals surface area contributed by atoms with Crippen LogP contribution in [0.15, 0.2) is 23.2 Å². The van der Waals surface area contributed by atoms with Gasteiger partial charge in [-0.3, -0.25) is 4.90 Å². The highest BCUT2D eigenvalue weighted by atomic mass is 32.2. The van der Waals surface area contributed by atoms with Gasteiger partial charge in [-0.15, -0.1) is 11.8 Å². The Bertz CT molecular complexity index is 681. The number of thioether (sulfide) groups is 1. The molecule has 1 aromatic rings. The predicted octanol–water partition coefficient (Wildman–Crippen LogP) is 3.18.